The highest BCUT2D eigenvalue weighted by Crippen LogP contribution is 2.31. The molecule has 27 heavy (non-hydrogen) atoms. The maximum Gasteiger partial charge on any atom is 0.406 e. The van der Waals surface area contributed by atoms with Crippen LogP contribution < -0.4 is 5.56 Å². The van der Waals surface area contributed by atoms with Gasteiger partial charge in [0, 0.05) is 29.5 Å². The van der Waals surface area contributed by atoms with Gasteiger partial charge in [-0.15, -0.1) is 0 Å². The minimum absolute atomic E-state index is 0.0345. The Bertz CT molecular complexity index is 1270. The number of nitriles is 1. The predicted octanol–water partition coefficient (Wildman–Crippen LogP) is 3.37. The number of H-pyrrole nitrogens is 1. The van der Waals surface area contributed by atoms with Crippen molar-refractivity contribution < 1.29 is 13.2 Å². The molecular formula is C18H10F3N5O. The Morgan fingerprint density at radius 1 is 1.19 bits per heavy atom. The molecule has 0 bridgehead atoms. The maximum atomic E-state index is 13.1. The van der Waals surface area contributed by atoms with Crippen molar-refractivity contribution >= 4 is 21.8 Å². The molecule has 0 fully saturated rings. The number of nitrogens with one attached hydrogen (secondary N) is 1. The zero-order chi connectivity index (χ0) is 19.2. The van der Waals surface area contributed by atoms with Gasteiger partial charge in [0.15, 0.2) is 0 Å². The third-order valence-electron chi connectivity index (χ3n) is 4.25. The molecule has 4 aromatic rings. The Morgan fingerprint density at radius 3 is 2.59 bits per heavy atom. The van der Waals surface area contributed by atoms with E-state index in [1.54, 1.807) is 12.1 Å². The molecule has 0 aliphatic heterocycles. The lowest BCUT2D eigenvalue weighted by atomic mass is 9.98. The number of aromatic amines is 1. The molecule has 0 saturated carbocycles. The highest BCUT2D eigenvalue weighted by atomic mass is 19.4. The van der Waals surface area contributed by atoms with Crippen LogP contribution in [0.4, 0.5) is 13.2 Å². The summed E-state index contributed by atoms with van der Waals surface area (Å²) >= 11 is 0. The van der Waals surface area contributed by atoms with Gasteiger partial charge in [-0.3, -0.25) is 19.4 Å². The van der Waals surface area contributed by atoms with Crippen LogP contribution in [0.3, 0.4) is 0 Å². The second-order valence-corrected chi connectivity index (χ2v) is 5.92. The second-order valence-electron chi connectivity index (χ2n) is 5.92. The topological polar surface area (TPSA) is 87.4 Å². The average molecular weight is 369 g/mol. The van der Waals surface area contributed by atoms with E-state index in [2.05, 4.69) is 21.3 Å². The highest BCUT2D eigenvalue weighted by molar-refractivity contribution is 6.05. The van der Waals surface area contributed by atoms with Gasteiger partial charge < -0.3 is 0 Å². The molecule has 0 saturated heterocycles. The van der Waals surface area contributed by atoms with Crippen molar-refractivity contribution in [3.8, 4) is 17.2 Å². The van der Waals surface area contributed by atoms with Gasteiger partial charge in [-0.25, -0.2) is 0 Å². The van der Waals surface area contributed by atoms with E-state index in [0.717, 1.165) is 0 Å². The number of fused-ring (bicyclic) bond motifs is 3. The van der Waals surface area contributed by atoms with Gasteiger partial charge in [0.25, 0.3) is 5.56 Å². The maximum absolute atomic E-state index is 13.1. The molecule has 0 spiro atoms. The van der Waals surface area contributed by atoms with E-state index in [0.29, 0.717) is 21.1 Å². The number of nitrogens with zero attached hydrogens (tertiary/aromatic N) is 4. The number of alkyl halides is 3. The zero-order valence-corrected chi connectivity index (χ0v) is 13.6. The van der Waals surface area contributed by atoms with Crippen molar-refractivity contribution in [3.05, 3.63) is 58.8 Å². The number of hydrogen-bond acceptors (Lipinski definition) is 4. The van der Waals surface area contributed by atoms with Crippen LogP contribution in [-0.4, -0.2) is 25.9 Å². The van der Waals surface area contributed by atoms with E-state index < -0.39 is 18.3 Å². The lowest BCUT2D eigenvalue weighted by molar-refractivity contribution is -0.140. The number of benzene rings is 1. The van der Waals surface area contributed by atoms with Crippen molar-refractivity contribution in [2.45, 2.75) is 12.7 Å². The van der Waals surface area contributed by atoms with E-state index >= 15 is 0 Å². The minimum Gasteiger partial charge on any atom is -0.298 e. The fourth-order valence-electron chi connectivity index (χ4n) is 3.11. The van der Waals surface area contributed by atoms with Gasteiger partial charge in [-0.05, 0) is 29.8 Å². The first-order valence-corrected chi connectivity index (χ1v) is 7.80. The first-order chi connectivity index (χ1) is 12.9. The summed E-state index contributed by atoms with van der Waals surface area (Å²) in [6, 6.07) is 8.22. The van der Waals surface area contributed by atoms with Gasteiger partial charge in [-0.2, -0.15) is 23.5 Å². The SMILES string of the molecule is N#Cc1cc2c3n[nH]cc3c(=O)n(CC(F)(F)F)c2cc1-c1ccncc1. The Labute approximate surface area is 149 Å². The Kier molecular flexibility index (Phi) is 3.70. The summed E-state index contributed by atoms with van der Waals surface area (Å²) in [5.41, 5.74) is 0.771. The molecule has 6 nitrogen and oxygen atoms in total. The van der Waals surface area contributed by atoms with Crippen molar-refractivity contribution in [2.75, 3.05) is 0 Å². The summed E-state index contributed by atoms with van der Waals surface area (Å²) in [7, 11) is 0. The first kappa shape index (κ1) is 16.8. The molecule has 4 rings (SSSR count). The summed E-state index contributed by atoms with van der Waals surface area (Å²) in [4.78, 5) is 16.5. The van der Waals surface area contributed by atoms with Crippen molar-refractivity contribution in [1.82, 2.24) is 19.7 Å². The van der Waals surface area contributed by atoms with Crippen LogP contribution in [0.2, 0.25) is 0 Å². The molecule has 9 heteroatoms. The standard InChI is InChI=1S/C18H10F3N5O/c19-18(20,21)9-26-15-6-12(10-1-3-23-4-2-10)11(7-22)5-13(15)16-14(17(26)27)8-24-25-16/h1-6,8H,9H2,(H,24,25). The second kappa shape index (κ2) is 5.95. The third-order valence-corrected chi connectivity index (χ3v) is 4.25. The van der Waals surface area contributed by atoms with Crippen LogP contribution in [0, 0.1) is 11.3 Å². The number of halogens is 3. The quantitative estimate of drug-likeness (QED) is 0.587. The monoisotopic (exact) mass is 369 g/mol. The number of aromatic nitrogens is 4. The molecule has 3 heterocycles. The summed E-state index contributed by atoms with van der Waals surface area (Å²) in [6.45, 7) is -1.44. The lowest BCUT2D eigenvalue weighted by Gasteiger charge is -2.15. The van der Waals surface area contributed by atoms with Gasteiger partial charge in [0.1, 0.15) is 12.1 Å². The van der Waals surface area contributed by atoms with Crippen LogP contribution >= 0.6 is 0 Å². The molecule has 1 aromatic carbocycles. The molecule has 0 unspecified atom stereocenters. The van der Waals surface area contributed by atoms with E-state index in [1.807, 2.05) is 0 Å². The van der Waals surface area contributed by atoms with Crippen LogP contribution in [0.25, 0.3) is 32.9 Å². The molecule has 0 aliphatic rings. The Balaban J connectivity index is 2.15. The number of hydrogen-bond donors (Lipinski definition) is 1. The van der Waals surface area contributed by atoms with Gasteiger partial charge in [0.2, 0.25) is 0 Å². The van der Waals surface area contributed by atoms with Crippen LogP contribution in [-0.2, 0) is 6.54 Å². The largest absolute Gasteiger partial charge is 0.406 e. The predicted molar refractivity (Wildman–Crippen MR) is 91.9 cm³/mol. The molecule has 0 radical (unpaired) electrons. The van der Waals surface area contributed by atoms with Gasteiger partial charge in [0.05, 0.1) is 22.5 Å². The van der Waals surface area contributed by atoms with E-state index in [-0.39, 0.29) is 22.0 Å². The molecule has 134 valence electrons. The van der Waals surface area contributed by atoms with E-state index in [4.69, 9.17) is 0 Å². The highest BCUT2D eigenvalue weighted by Gasteiger charge is 2.30. The number of rotatable bonds is 2. The average Bonchev–Trinajstić information content (AvgIpc) is 3.14. The van der Waals surface area contributed by atoms with Crippen LogP contribution in [0.15, 0.2) is 47.7 Å². The van der Waals surface area contributed by atoms with Gasteiger partial charge in [-0.1, -0.05) is 0 Å². The van der Waals surface area contributed by atoms with Gasteiger partial charge >= 0.3 is 6.18 Å². The molecule has 0 atom stereocenters. The van der Waals surface area contributed by atoms with Crippen molar-refractivity contribution in [3.63, 3.8) is 0 Å². The van der Waals surface area contributed by atoms with Crippen molar-refractivity contribution in [1.29, 1.82) is 5.26 Å². The number of pyridine rings is 2. The van der Waals surface area contributed by atoms with Crippen LogP contribution in [0.5, 0.6) is 0 Å². The first-order valence-electron chi connectivity index (χ1n) is 7.80. The summed E-state index contributed by atoms with van der Waals surface area (Å²) in [5.74, 6) is 0. The smallest absolute Gasteiger partial charge is 0.298 e. The molecule has 1 N–H and O–H groups in total. The zero-order valence-electron chi connectivity index (χ0n) is 13.6. The normalized spacial score (nSPS) is 11.8. The lowest BCUT2D eigenvalue weighted by Crippen LogP contribution is -2.28. The van der Waals surface area contributed by atoms with E-state index in [9.17, 15) is 23.2 Å². The third kappa shape index (κ3) is 2.81. The summed E-state index contributed by atoms with van der Waals surface area (Å²) < 4.78 is 40.0. The summed E-state index contributed by atoms with van der Waals surface area (Å²) in [6.07, 6.45) is -0.299. The summed E-state index contributed by atoms with van der Waals surface area (Å²) in [5, 5.41) is 16.4. The van der Waals surface area contributed by atoms with Crippen molar-refractivity contribution in [2.24, 2.45) is 0 Å². The van der Waals surface area contributed by atoms with Crippen LogP contribution in [0.1, 0.15) is 5.56 Å². The molecule has 0 amide bonds. The Morgan fingerprint density at radius 2 is 1.93 bits per heavy atom. The fourth-order valence-corrected chi connectivity index (χ4v) is 3.11. The molecule has 3 aromatic heterocycles. The fraction of sp³-hybridized carbons (Fsp3) is 0.111. The Hall–Kier alpha value is -3.67. The minimum atomic E-state index is -4.58. The molecule has 0 aliphatic carbocycles. The molecular weight excluding hydrogens is 359 g/mol. The van der Waals surface area contributed by atoms with E-state index in [1.165, 1.54) is 30.7 Å².